The first-order chi connectivity index (χ1) is 3.68. The Hall–Kier alpha value is 1.000. The predicted octanol–water partition coefficient (Wildman–Crippen LogP) is -0.652. The van der Waals surface area contributed by atoms with Gasteiger partial charge in [0.25, 0.3) is 0 Å². The van der Waals surface area contributed by atoms with Gasteiger partial charge in [0.1, 0.15) is 0 Å². The van der Waals surface area contributed by atoms with Crippen LogP contribution in [-0.2, 0) is 0 Å². The van der Waals surface area contributed by atoms with E-state index >= 15 is 0 Å². The molecule has 5 N–H and O–H groups in total. The van der Waals surface area contributed by atoms with Crippen LogP contribution in [0, 0.1) is 0 Å². The van der Waals surface area contributed by atoms with Crippen LogP contribution in [0.5, 0.6) is 0 Å². The summed E-state index contributed by atoms with van der Waals surface area (Å²) in [5.41, 5.74) is 3.94. The Morgan fingerprint density at radius 3 is 0.917 bits per heavy atom. The van der Waals surface area contributed by atoms with Crippen LogP contribution in [0.4, 0.5) is 0 Å². The Kier molecular flexibility index (Phi) is 35.4. The lowest BCUT2D eigenvalue weighted by atomic mass is 10.1. The molecule has 8 heteroatoms. The Balaban J connectivity index is -0.0000000408. The first-order valence-corrected chi connectivity index (χ1v) is 2.30. The van der Waals surface area contributed by atoms with Gasteiger partial charge < -0.3 is 21.1 Å². The van der Waals surface area contributed by atoms with Crippen molar-refractivity contribution in [2.45, 2.75) is 5.54 Å². The van der Waals surface area contributed by atoms with Gasteiger partial charge in [-0.1, -0.05) is 0 Å². The summed E-state index contributed by atoms with van der Waals surface area (Å²) in [7, 11) is 0. The topological polar surface area (TPSA) is 86.7 Å². The average Bonchev–Trinajstić information content (AvgIpc) is 1.87. The van der Waals surface area contributed by atoms with E-state index in [4.69, 9.17) is 21.1 Å². The van der Waals surface area contributed by atoms with Gasteiger partial charge in [-0.05, 0) is 0 Å². The highest BCUT2D eigenvalue weighted by atomic mass is 35.5. The van der Waals surface area contributed by atoms with Crippen LogP contribution in [0.25, 0.3) is 0 Å². The molecule has 0 aliphatic rings. The fourth-order valence-electron chi connectivity index (χ4n) is 0.150. The SMILES string of the molecule is Cl.Cl.Cl.Cl.NC(CO)(CO)CO. The van der Waals surface area contributed by atoms with Crippen LogP contribution < -0.4 is 5.73 Å². The third-order valence-corrected chi connectivity index (χ3v) is 0.945. The Bertz CT molecular complexity index is 65.1. The molecule has 0 aromatic heterocycles. The molecule has 0 aromatic carbocycles. The van der Waals surface area contributed by atoms with Crippen LogP contribution in [0.1, 0.15) is 0 Å². The van der Waals surface area contributed by atoms with Crippen molar-refractivity contribution in [2.24, 2.45) is 5.73 Å². The fraction of sp³-hybridized carbons (Fsp3) is 1.00. The minimum absolute atomic E-state index is 0. The van der Waals surface area contributed by atoms with Crippen LogP contribution >= 0.6 is 49.6 Å². The van der Waals surface area contributed by atoms with E-state index < -0.39 is 25.4 Å². The van der Waals surface area contributed by atoms with E-state index in [1.165, 1.54) is 0 Å². The number of hydrogen-bond acceptors (Lipinski definition) is 4. The summed E-state index contributed by atoms with van der Waals surface area (Å²) in [6.07, 6.45) is 0. The molecule has 0 saturated carbocycles. The van der Waals surface area contributed by atoms with Gasteiger partial charge in [-0.2, -0.15) is 0 Å². The maximum Gasteiger partial charge on any atom is 0.0856 e. The minimum atomic E-state index is -1.21. The lowest BCUT2D eigenvalue weighted by molar-refractivity contribution is 0.0698. The number of rotatable bonds is 3. The van der Waals surface area contributed by atoms with Crippen LogP contribution in [0.15, 0.2) is 0 Å². The van der Waals surface area contributed by atoms with E-state index in [1.807, 2.05) is 0 Å². The van der Waals surface area contributed by atoms with E-state index in [1.54, 1.807) is 0 Å². The maximum atomic E-state index is 8.34. The third kappa shape index (κ3) is 11.0. The molecular formula is C4H15Cl4NO3. The molecule has 0 aromatic rings. The molecule has 0 unspecified atom stereocenters. The Labute approximate surface area is 96.2 Å². The largest absolute Gasteiger partial charge is 0.394 e. The molecule has 12 heavy (non-hydrogen) atoms. The monoisotopic (exact) mass is 265 g/mol. The maximum absolute atomic E-state index is 8.34. The number of hydrogen-bond donors (Lipinski definition) is 4. The van der Waals surface area contributed by atoms with E-state index in [0.717, 1.165) is 0 Å². The van der Waals surface area contributed by atoms with Crippen LogP contribution in [0.3, 0.4) is 0 Å². The third-order valence-electron chi connectivity index (χ3n) is 0.945. The zero-order valence-corrected chi connectivity index (χ0v) is 9.44. The lowest BCUT2D eigenvalue weighted by Gasteiger charge is -2.20. The number of nitrogens with two attached hydrogens (primary N) is 1. The van der Waals surface area contributed by atoms with E-state index in [-0.39, 0.29) is 49.6 Å². The first-order valence-electron chi connectivity index (χ1n) is 2.30. The molecule has 0 amide bonds. The van der Waals surface area contributed by atoms with Crippen molar-refractivity contribution in [1.82, 2.24) is 0 Å². The highest BCUT2D eigenvalue weighted by molar-refractivity contribution is 5.86. The second-order valence-electron chi connectivity index (χ2n) is 1.84. The number of halogens is 4. The van der Waals surface area contributed by atoms with Crippen molar-refractivity contribution in [1.29, 1.82) is 0 Å². The van der Waals surface area contributed by atoms with Gasteiger partial charge in [0, 0.05) is 0 Å². The number of aliphatic hydroxyl groups excluding tert-OH is 3. The van der Waals surface area contributed by atoms with Gasteiger partial charge in [0.2, 0.25) is 0 Å². The summed E-state index contributed by atoms with van der Waals surface area (Å²) in [4.78, 5) is 0. The molecule has 0 fully saturated rings. The van der Waals surface area contributed by atoms with Crippen molar-refractivity contribution in [3.8, 4) is 0 Å². The van der Waals surface area contributed by atoms with Gasteiger partial charge >= 0.3 is 0 Å². The second kappa shape index (κ2) is 14.5. The van der Waals surface area contributed by atoms with E-state index in [9.17, 15) is 0 Å². The second-order valence-corrected chi connectivity index (χ2v) is 1.84. The molecule has 0 atom stereocenters. The van der Waals surface area contributed by atoms with Gasteiger partial charge in [0.05, 0.1) is 25.4 Å². The molecule has 0 aliphatic heterocycles. The molecule has 4 nitrogen and oxygen atoms in total. The standard InChI is InChI=1S/C4H11NO3.4ClH/c5-4(1-6,2-7)3-8;;;;/h6-8H,1-3,5H2;4*1H. The minimum Gasteiger partial charge on any atom is -0.394 e. The van der Waals surface area contributed by atoms with Crippen molar-refractivity contribution >= 4 is 49.6 Å². The molecule has 0 heterocycles. The number of aliphatic hydroxyl groups is 3. The molecule has 0 spiro atoms. The van der Waals surface area contributed by atoms with Crippen LogP contribution in [0.2, 0.25) is 0 Å². The summed E-state index contributed by atoms with van der Waals surface area (Å²) in [5.74, 6) is 0. The van der Waals surface area contributed by atoms with E-state index in [2.05, 4.69) is 0 Å². The molecule has 0 bridgehead atoms. The van der Waals surface area contributed by atoms with Gasteiger partial charge in [-0.25, -0.2) is 0 Å². The molecule has 0 aliphatic carbocycles. The van der Waals surface area contributed by atoms with Gasteiger partial charge in [0.15, 0.2) is 0 Å². The molecule has 82 valence electrons. The Morgan fingerprint density at radius 1 is 0.750 bits per heavy atom. The molecule has 0 rings (SSSR count). The summed E-state index contributed by atoms with van der Waals surface area (Å²) < 4.78 is 0. The average molecular weight is 267 g/mol. The first kappa shape index (κ1) is 29.2. The van der Waals surface area contributed by atoms with Crippen molar-refractivity contribution < 1.29 is 15.3 Å². The van der Waals surface area contributed by atoms with Crippen molar-refractivity contribution in [2.75, 3.05) is 19.8 Å². The quantitative estimate of drug-likeness (QED) is 0.547. The normalized spacial score (nSPS) is 8.00. The summed E-state index contributed by atoms with van der Waals surface area (Å²) in [5, 5.41) is 25.0. The zero-order valence-electron chi connectivity index (χ0n) is 6.17. The Morgan fingerprint density at radius 2 is 0.917 bits per heavy atom. The highest BCUT2D eigenvalue weighted by Gasteiger charge is 2.20. The summed E-state index contributed by atoms with van der Waals surface area (Å²) in [6.45, 7) is -1.21. The van der Waals surface area contributed by atoms with Crippen molar-refractivity contribution in [3.05, 3.63) is 0 Å². The molecular weight excluding hydrogens is 252 g/mol. The van der Waals surface area contributed by atoms with Crippen molar-refractivity contribution in [3.63, 3.8) is 0 Å². The van der Waals surface area contributed by atoms with Gasteiger partial charge in [-0.3, -0.25) is 0 Å². The summed E-state index contributed by atoms with van der Waals surface area (Å²) in [6, 6.07) is 0. The molecule has 0 radical (unpaired) electrons. The van der Waals surface area contributed by atoms with Gasteiger partial charge in [-0.15, -0.1) is 49.6 Å². The predicted molar refractivity (Wildman–Crippen MR) is 57.2 cm³/mol. The summed E-state index contributed by atoms with van der Waals surface area (Å²) >= 11 is 0. The van der Waals surface area contributed by atoms with Crippen LogP contribution in [-0.4, -0.2) is 40.7 Å². The zero-order chi connectivity index (χ0) is 6.62. The lowest BCUT2D eigenvalue weighted by Crippen LogP contribution is -2.50. The smallest absolute Gasteiger partial charge is 0.0856 e. The fourth-order valence-corrected chi connectivity index (χ4v) is 0.150. The van der Waals surface area contributed by atoms with E-state index in [0.29, 0.717) is 0 Å². The highest BCUT2D eigenvalue weighted by Crippen LogP contribution is 1.93. The molecule has 0 saturated heterocycles.